The van der Waals surface area contributed by atoms with E-state index in [4.69, 9.17) is 5.26 Å². The minimum Gasteiger partial charge on any atom is -0.299 e. The van der Waals surface area contributed by atoms with E-state index in [9.17, 15) is 4.39 Å². The Balaban J connectivity index is 2.70. The number of halogens is 1. The zero-order valence-electron chi connectivity index (χ0n) is 11.1. The van der Waals surface area contributed by atoms with E-state index in [2.05, 4.69) is 18.1 Å². The number of thioether (sulfide) groups is 1. The summed E-state index contributed by atoms with van der Waals surface area (Å²) >= 11 is 1.82. The van der Waals surface area contributed by atoms with Gasteiger partial charge in [0.15, 0.2) is 0 Å². The Kier molecular flexibility index (Phi) is 6.17. The number of hydrogen-bond acceptors (Lipinski definition) is 3. The molecule has 1 aromatic rings. The molecular formula is C14H19FN2S. The van der Waals surface area contributed by atoms with Crippen LogP contribution in [0.4, 0.5) is 4.39 Å². The van der Waals surface area contributed by atoms with Crippen LogP contribution >= 0.6 is 11.8 Å². The summed E-state index contributed by atoms with van der Waals surface area (Å²) in [5, 5.41) is 8.80. The summed E-state index contributed by atoms with van der Waals surface area (Å²) in [4.78, 5) is 2.12. The lowest BCUT2D eigenvalue weighted by molar-refractivity contribution is 0.242. The van der Waals surface area contributed by atoms with Crippen LogP contribution in [0.5, 0.6) is 0 Å². The third kappa shape index (κ3) is 4.01. The standard InChI is InChI=1S/C14H19FN2S/c1-11(7-8-18-3)17(2)10-13-6-4-5-12(9-16)14(13)15/h4-6,11H,7-8,10H2,1-3H3. The Hall–Kier alpha value is -1.05. The Bertz CT molecular complexity index is 428. The molecule has 2 nitrogen and oxygen atoms in total. The van der Waals surface area contributed by atoms with Gasteiger partial charge in [0.25, 0.3) is 0 Å². The maximum Gasteiger partial charge on any atom is 0.145 e. The van der Waals surface area contributed by atoms with Gasteiger partial charge in [-0.3, -0.25) is 4.90 Å². The van der Waals surface area contributed by atoms with E-state index < -0.39 is 0 Å². The number of benzene rings is 1. The van der Waals surface area contributed by atoms with Crippen LogP contribution in [0.3, 0.4) is 0 Å². The van der Waals surface area contributed by atoms with E-state index in [1.54, 1.807) is 12.1 Å². The minimum absolute atomic E-state index is 0.123. The van der Waals surface area contributed by atoms with Crippen molar-refractivity contribution in [3.8, 4) is 6.07 Å². The van der Waals surface area contributed by atoms with Gasteiger partial charge in [0.2, 0.25) is 0 Å². The predicted octanol–water partition coefficient (Wildman–Crippen LogP) is 3.27. The third-order valence-electron chi connectivity index (χ3n) is 3.11. The summed E-state index contributed by atoms with van der Waals surface area (Å²) in [7, 11) is 1.99. The Labute approximate surface area is 113 Å². The van der Waals surface area contributed by atoms with Crippen molar-refractivity contribution >= 4 is 11.8 Å². The normalized spacial score (nSPS) is 12.4. The molecule has 0 aliphatic rings. The van der Waals surface area contributed by atoms with Crippen molar-refractivity contribution in [2.75, 3.05) is 19.1 Å². The lowest BCUT2D eigenvalue weighted by atomic mass is 10.1. The topological polar surface area (TPSA) is 27.0 Å². The average Bonchev–Trinajstić information content (AvgIpc) is 2.38. The molecule has 0 bridgehead atoms. The van der Waals surface area contributed by atoms with Crippen molar-refractivity contribution in [3.05, 3.63) is 35.1 Å². The van der Waals surface area contributed by atoms with E-state index >= 15 is 0 Å². The molecule has 0 aliphatic carbocycles. The highest BCUT2D eigenvalue weighted by atomic mass is 32.2. The molecule has 0 saturated heterocycles. The summed E-state index contributed by atoms with van der Waals surface area (Å²) in [6.45, 7) is 2.68. The monoisotopic (exact) mass is 266 g/mol. The first kappa shape index (κ1) is 15.0. The quantitative estimate of drug-likeness (QED) is 0.790. The summed E-state index contributed by atoms with van der Waals surface area (Å²) in [6, 6.07) is 7.27. The fourth-order valence-corrected chi connectivity index (χ4v) is 2.30. The second kappa shape index (κ2) is 7.40. The van der Waals surface area contributed by atoms with E-state index in [1.165, 1.54) is 6.07 Å². The lowest BCUT2D eigenvalue weighted by Gasteiger charge is -2.24. The van der Waals surface area contributed by atoms with Gasteiger partial charge in [0, 0.05) is 18.2 Å². The average molecular weight is 266 g/mol. The van der Waals surface area contributed by atoms with Gasteiger partial charge in [-0.05, 0) is 38.5 Å². The van der Waals surface area contributed by atoms with Crippen LogP contribution < -0.4 is 0 Å². The van der Waals surface area contributed by atoms with Crippen LogP contribution in [0.25, 0.3) is 0 Å². The molecule has 0 aliphatic heterocycles. The lowest BCUT2D eigenvalue weighted by Crippen LogP contribution is -2.29. The molecule has 0 N–H and O–H groups in total. The molecule has 0 radical (unpaired) electrons. The van der Waals surface area contributed by atoms with Crippen molar-refractivity contribution in [1.29, 1.82) is 5.26 Å². The van der Waals surface area contributed by atoms with Crippen molar-refractivity contribution in [1.82, 2.24) is 4.90 Å². The second-order valence-corrected chi connectivity index (χ2v) is 5.42. The molecule has 0 heterocycles. The zero-order valence-corrected chi connectivity index (χ0v) is 11.9. The van der Waals surface area contributed by atoms with Gasteiger partial charge in [-0.15, -0.1) is 0 Å². The zero-order chi connectivity index (χ0) is 13.5. The first-order valence-electron chi connectivity index (χ1n) is 5.96. The second-order valence-electron chi connectivity index (χ2n) is 4.44. The predicted molar refractivity (Wildman–Crippen MR) is 75.0 cm³/mol. The van der Waals surface area contributed by atoms with Crippen LogP contribution in [-0.2, 0) is 6.54 Å². The van der Waals surface area contributed by atoms with Crippen molar-refractivity contribution in [3.63, 3.8) is 0 Å². The fraction of sp³-hybridized carbons (Fsp3) is 0.500. The van der Waals surface area contributed by atoms with Crippen LogP contribution in [0.1, 0.15) is 24.5 Å². The number of nitrogens with zero attached hydrogens (tertiary/aromatic N) is 2. The van der Waals surface area contributed by atoms with Crippen LogP contribution in [0, 0.1) is 17.1 Å². The Morgan fingerprint density at radius 2 is 2.22 bits per heavy atom. The number of nitriles is 1. The Morgan fingerprint density at radius 1 is 1.50 bits per heavy atom. The summed E-state index contributed by atoms with van der Waals surface area (Å²) in [6.07, 6.45) is 3.17. The molecule has 0 saturated carbocycles. The SMILES string of the molecule is CSCCC(C)N(C)Cc1cccc(C#N)c1F. The van der Waals surface area contributed by atoms with E-state index in [0.717, 1.165) is 12.2 Å². The van der Waals surface area contributed by atoms with Gasteiger partial charge in [0.05, 0.1) is 5.56 Å². The molecule has 1 atom stereocenters. The van der Waals surface area contributed by atoms with Crippen molar-refractivity contribution in [2.24, 2.45) is 0 Å². The van der Waals surface area contributed by atoms with Crippen molar-refractivity contribution in [2.45, 2.75) is 25.9 Å². The summed E-state index contributed by atoms with van der Waals surface area (Å²) in [5.74, 6) is 0.718. The molecule has 0 spiro atoms. The smallest absolute Gasteiger partial charge is 0.145 e. The first-order valence-corrected chi connectivity index (χ1v) is 7.36. The molecular weight excluding hydrogens is 247 g/mol. The van der Waals surface area contributed by atoms with Crippen molar-refractivity contribution < 1.29 is 4.39 Å². The third-order valence-corrected chi connectivity index (χ3v) is 3.76. The molecule has 1 aromatic carbocycles. The van der Waals surface area contributed by atoms with E-state index in [-0.39, 0.29) is 11.4 Å². The largest absolute Gasteiger partial charge is 0.299 e. The summed E-state index contributed by atoms with van der Waals surface area (Å²) < 4.78 is 13.9. The van der Waals surface area contributed by atoms with Gasteiger partial charge in [0.1, 0.15) is 11.9 Å². The van der Waals surface area contributed by atoms with Gasteiger partial charge in [-0.2, -0.15) is 17.0 Å². The number of rotatable bonds is 6. The van der Waals surface area contributed by atoms with Crippen LogP contribution in [-0.4, -0.2) is 30.0 Å². The molecule has 4 heteroatoms. The molecule has 98 valence electrons. The maximum absolute atomic E-state index is 13.9. The molecule has 0 amide bonds. The van der Waals surface area contributed by atoms with Crippen LogP contribution in [0.2, 0.25) is 0 Å². The molecule has 0 fully saturated rings. The highest BCUT2D eigenvalue weighted by molar-refractivity contribution is 7.98. The van der Waals surface area contributed by atoms with E-state index in [0.29, 0.717) is 18.2 Å². The summed E-state index contributed by atoms with van der Waals surface area (Å²) in [5.41, 5.74) is 0.713. The molecule has 0 aromatic heterocycles. The van der Waals surface area contributed by atoms with Gasteiger partial charge >= 0.3 is 0 Å². The molecule has 1 rings (SSSR count). The highest BCUT2D eigenvalue weighted by Crippen LogP contribution is 2.16. The highest BCUT2D eigenvalue weighted by Gasteiger charge is 2.13. The molecule has 18 heavy (non-hydrogen) atoms. The van der Waals surface area contributed by atoms with Crippen LogP contribution in [0.15, 0.2) is 18.2 Å². The van der Waals surface area contributed by atoms with Gasteiger partial charge < -0.3 is 0 Å². The van der Waals surface area contributed by atoms with Gasteiger partial charge in [-0.1, -0.05) is 12.1 Å². The van der Waals surface area contributed by atoms with Gasteiger partial charge in [-0.25, -0.2) is 4.39 Å². The first-order chi connectivity index (χ1) is 8.60. The fourth-order valence-electron chi connectivity index (χ4n) is 1.72. The minimum atomic E-state index is -0.385. The molecule has 1 unspecified atom stereocenters. The maximum atomic E-state index is 13.9. The van der Waals surface area contributed by atoms with E-state index in [1.807, 2.05) is 24.9 Å². The Morgan fingerprint density at radius 3 is 2.83 bits per heavy atom. The number of hydrogen-bond donors (Lipinski definition) is 0.